The Bertz CT molecular complexity index is 3070. The summed E-state index contributed by atoms with van der Waals surface area (Å²) in [4.78, 5) is 66.8. The van der Waals surface area contributed by atoms with Crippen molar-refractivity contribution < 1.29 is 38.1 Å². The largest absolute Gasteiger partial charge is 0.508 e. The van der Waals surface area contributed by atoms with Gasteiger partial charge in [-0.1, -0.05) is 57.2 Å². The van der Waals surface area contributed by atoms with Gasteiger partial charge in [-0.25, -0.2) is 13.8 Å². The summed E-state index contributed by atoms with van der Waals surface area (Å²) in [5.74, 6) is -2.03. The van der Waals surface area contributed by atoms with Gasteiger partial charge in [0.2, 0.25) is 17.7 Å². The number of aromatic hydroxyl groups is 1. The molecule has 390 valence electrons. The molecule has 2 bridgehead atoms. The highest BCUT2D eigenvalue weighted by Crippen LogP contribution is 2.39. The third-order valence-corrected chi connectivity index (χ3v) is 16.1. The zero-order valence-corrected chi connectivity index (χ0v) is 43.2. The number of β-amino-alcohol motifs (C(OH)–C–C–N with tert-alkyl or cyclic N) is 1. The van der Waals surface area contributed by atoms with Crippen LogP contribution >= 0.6 is 11.3 Å². The molecule has 0 radical (unpaired) electrons. The minimum Gasteiger partial charge on any atom is -0.508 e. The summed E-state index contributed by atoms with van der Waals surface area (Å²) in [5.41, 5.74) is 3.97. The molecule has 16 nitrogen and oxygen atoms in total. The van der Waals surface area contributed by atoms with Crippen LogP contribution in [0.5, 0.6) is 11.8 Å². The van der Waals surface area contributed by atoms with Crippen molar-refractivity contribution in [1.29, 1.82) is 0 Å². The molecule has 0 saturated carbocycles. The molecule has 3 aromatic heterocycles. The zero-order chi connectivity index (χ0) is 52.0. The molecule has 3 aromatic carbocycles. The van der Waals surface area contributed by atoms with Gasteiger partial charge < -0.3 is 40.7 Å². The molecule has 7 heterocycles. The number of rotatable bonds is 16. The van der Waals surface area contributed by atoms with Gasteiger partial charge in [0.1, 0.15) is 47.3 Å². The van der Waals surface area contributed by atoms with E-state index in [0.717, 1.165) is 47.5 Å². The number of phenolic OH excluding ortho intramolecular Hbond substituents is 1. The van der Waals surface area contributed by atoms with Crippen molar-refractivity contribution in [1.82, 2.24) is 45.7 Å². The predicted octanol–water partition coefficient (Wildman–Crippen LogP) is 7.19. The summed E-state index contributed by atoms with van der Waals surface area (Å²) in [7, 11) is 0. The number of hydrogen-bond acceptors (Lipinski definition) is 14. The van der Waals surface area contributed by atoms with E-state index in [4.69, 9.17) is 9.72 Å². The van der Waals surface area contributed by atoms with Gasteiger partial charge in [0, 0.05) is 74.3 Å². The average molecular weight is 1030 g/mol. The van der Waals surface area contributed by atoms with Crippen LogP contribution in [0.2, 0.25) is 0 Å². The first-order valence-corrected chi connectivity index (χ1v) is 26.6. The molecule has 10 rings (SSSR count). The van der Waals surface area contributed by atoms with Gasteiger partial charge in [0.15, 0.2) is 5.82 Å². The maximum atomic E-state index is 16.9. The smallest absolute Gasteiger partial charge is 0.319 e. The van der Waals surface area contributed by atoms with E-state index in [9.17, 15) is 24.6 Å². The molecule has 3 amide bonds. The van der Waals surface area contributed by atoms with Crippen molar-refractivity contribution in [2.45, 2.75) is 122 Å². The molecular formula is C55H64F2N10O6S. The van der Waals surface area contributed by atoms with Crippen molar-refractivity contribution in [2.24, 2.45) is 5.41 Å². The van der Waals surface area contributed by atoms with E-state index < -0.39 is 41.1 Å². The molecule has 74 heavy (non-hydrogen) atoms. The number of carbonyl (C=O) groups is 3. The Morgan fingerprint density at radius 2 is 1.74 bits per heavy atom. The number of aryl methyl sites for hydroxylation is 1. The van der Waals surface area contributed by atoms with Gasteiger partial charge in [0.25, 0.3) is 0 Å². The molecule has 4 saturated heterocycles. The van der Waals surface area contributed by atoms with Crippen molar-refractivity contribution in [3.05, 3.63) is 89.2 Å². The summed E-state index contributed by atoms with van der Waals surface area (Å²) >= 11 is 1.57. The number of aliphatic hydroxyl groups is 1. The van der Waals surface area contributed by atoms with Crippen LogP contribution in [0.25, 0.3) is 43.4 Å². The second kappa shape index (κ2) is 21.1. The average Bonchev–Trinajstić information content (AvgIpc) is 4.08. The fourth-order valence-corrected chi connectivity index (χ4v) is 11.8. The maximum absolute atomic E-state index is 16.9. The number of benzene rings is 3. The fraction of sp³-hybridized carbons (Fsp3) is 0.473. The number of phenols is 1. The number of unbranched alkanes of at least 4 members (excludes halogenated alkanes) is 1. The number of fused-ring (bicyclic) bond motifs is 4. The number of halogens is 2. The lowest BCUT2D eigenvalue weighted by Gasteiger charge is -2.40. The summed E-state index contributed by atoms with van der Waals surface area (Å²) in [6, 6.07) is 13.5. The van der Waals surface area contributed by atoms with Gasteiger partial charge in [-0.2, -0.15) is 9.97 Å². The number of thiazole rings is 1. The standard InChI is InChI=1S/C55H64F2N10O6S/c1-30(32-12-14-33(15-13-32)49-31(2)59-29-74-49)60-52(71)43-23-39(69)27-67(43)53(72)50(55(3,4)5)62-44(70)11-6-7-19-65-20-18-37(65)28-73-54-63-48-41(51(64-54)66-25-35-16-17-36(26-66)61-35)24-58-47(46(48)57)40-22-38(68)21-34-9-8-10-42(56)45(34)40/h8-10,12-15,21-22,24,29-30,35-37,39,43,50,61,68-69H,6-7,11,16-20,23,25-28H2,1-5H3,(H,60,71)(H,62,70)/t30-,35?,36?,37-,39+,43-,50+/m0/s1. The molecule has 4 aliphatic rings. The Morgan fingerprint density at radius 3 is 2.45 bits per heavy atom. The number of aliphatic hydroxyl groups excluding tert-OH is 1. The quantitative estimate of drug-likeness (QED) is 0.0611. The third-order valence-electron chi connectivity index (χ3n) is 15.2. The molecule has 2 unspecified atom stereocenters. The van der Waals surface area contributed by atoms with E-state index >= 15 is 8.78 Å². The monoisotopic (exact) mass is 1030 g/mol. The van der Waals surface area contributed by atoms with Gasteiger partial charge in [-0.15, -0.1) is 11.3 Å². The van der Waals surface area contributed by atoms with Crippen LogP contribution in [0, 0.1) is 24.0 Å². The van der Waals surface area contributed by atoms with Crippen LogP contribution in [-0.4, -0.2) is 133 Å². The lowest BCUT2D eigenvalue weighted by atomic mass is 9.85. The minimum atomic E-state index is -0.932. The highest BCUT2D eigenvalue weighted by atomic mass is 32.1. The first-order valence-electron chi connectivity index (χ1n) is 25.7. The third kappa shape index (κ3) is 10.6. The lowest BCUT2D eigenvalue weighted by Crippen LogP contribution is -2.57. The molecule has 19 heteroatoms. The summed E-state index contributed by atoms with van der Waals surface area (Å²) in [5, 5.41) is 31.9. The number of likely N-dealkylation sites (tertiary alicyclic amines) is 2. The van der Waals surface area contributed by atoms with E-state index in [1.54, 1.807) is 17.4 Å². The summed E-state index contributed by atoms with van der Waals surface area (Å²) in [6.07, 6.45) is 5.10. The molecule has 6 aromatic rings. The molecule has 0 spiro atoms. The van der Waals surface area contributed by atoms with Gasteiger partial charge in [0.05, 0.1) is 33.6 Å². The summed E-state index contributed by atoms with van der Waals surface area (Å²) in [6.45, 7) is 12.6. The fourth-order valence-electron chi connectivity index (χ4n) is 11.0. The molecular weight excluding hydrogens is 967 g/mol. The lowest BCUT2D eigenvalue weighted by molar-refractivity contribution is -0.144. The molecule has 0 aliphatic carbocycles. The zero-order valence-electron chi connectivity index (χ0n) is 42.4. The van der Waals surface area contributed by atoms with Crippen molar-refractivity contribution >= 4 is 56.6 Å². The van der Waals surface area contributed by atoms with E-state index in [1.807, 2.05) is 64.4 Å². The Hall–Kier alpha value is -6.41. The summed E-state index contributed by atoms with van der Waals surface area (Å²) < 4.78 is 38.5. The Morgan fingerprint density at radius 1 is 0.973 bits per heavy atom. The number of amides is 3. The van der Waals surface area contributed by atoms with Crippen molar-refractivity contribution in [3.63, 3.8) is 0 Å². The van der Waals surface area contributed by atoms with Crippen LogP contribution in [0.1, 0.15) is 89.9 Å². The first-order chi connectivity index (χ1) is 35.5. The highest BCUT2D eigenvalue weighted by molar-refractivity contribution is 7.13. The van der Waals surface area contributed by atoms with E-state index in [2.05, 4.69) is 40.7 Å². The van der Waals surface area contributed by atoms with Crippen molar-refractivity contribution in [2.75, 3.05) is 44.2 Å². The first kappa shape index (κ1) is 51.1. The number of nitrogens with zero attached hydrogens (tertiary/aromatic N) is 7. The van der Waals surface area contributed by atoms with Gasteiger partial charge >= 0.3 is 6.01 Å². The predicted molar refractivity (Wildman–Crippen MR) is 280 cm³/mol. The van der Waals surface area contributed by atoms with Crippen LogP contribution in [0.15, 0.2) is 66.3 Å². The SMILES string of the molecule is Cc1ncsc1-c1ccc([C@H](C)NC(=O)[C@@H]2C[C@@H](O)CN2C(=O)[C@@H](NC(=O)CCCCN2CC[C@H]2COc2nc(N3CC4CCC(C3)N4)c3cnc(-c4cc(O)cc5cccc(F)c45)c(F)c3n2)C(C)(C)C)cc1. The maximum Gasteiger partial charge on any atom is 0.319 e. The number of pyridine rings is 1. The van der Waals surface area contributed by atoms with E-state index in [-0.39, 0.29) is 95.9 Å². The number of ether oxygens (including phenoxy) is 1. The van der Waals surface area contributed by atoms with Crippen molar-refractivity contribution in [3.8, 4) is 33.5 Å². The highest BCUT2D eigenvalue weighted by Gasteiger charge is 2.45. The second-order valence-electron chi connectivity index (χ2n) is 21.5. The Kier molecular flexibility index (Phi) is 14.6. The van der Waals surface area contributed by atoms with Crippen LogP contribution < -0.4 is 25.6 Å². The molecule has 4 fully saturated rings. The van der Waals surface area contributed by atoms with Crippen LogP contribution in [0.3, 0.4) is 0 Å². The minimum absolute atomic E-state index is 0.0120. The normalized spacial score (nSPS) is 21.7. The Balaban J connectivity index is 0.752. The van der Waals surface area contributed by atoms with Gasteiger partial charge in [-0.05, 0) is 92.6 Å². The molecule has 7 atom stereocenters. The number of aromatic nitrogens is 4. The topological polar surface area (TPSA) is 198 Å². The number of piperazine rings is 1. The van der Waals surface area contributed by atoms with E-state index in [1.165, 1.54) is 35.4 Å². The number of hydrogen-bond donors (Lipinski definition) is 5. The molecule has 5 N–H and O–H groups in total. The second-order valence-corrected chi connectivity index (χ2v) is 22.4. The van der Waals surface area contributed by atoms with Crippen LogP contribution in [0.4, 0.5) is 14.6 Å². The number of nitrogens with one attached hydrogen (secondary N) is 3. The number of anilines is 1. The number of carbonyl (C=O) groups excluding carboxylic acids is 3. The molecule has 4 aliphatic heterocycles. The van der Waals surface area contributed by atoms with E-state index in [0.29, 0.717) is 49.1 Å². The van der Waals surface area contributed by atoms with Crippen LogP contribution in [-0.2, 0) is 14.4 Å². The Labute approximate surface area is 432 Å². The van der Waals surface area contributed by atoms with Gasteiger partial charge in [-0.3, -0.25) is 24.3 Å².